The van der Waals surface area contributed by atoms with Crippen molar-refractivity contribution >= 4 is 12.9 Å². The first kappa shape index (κ1) is 12.8. The van der Waals surface area contributed by atoms with Crippen molar-refractivity contribution < 1.29 is 14.0 Å². The smallest absolute Gasteiger partial charge is 0.321 e. The lowest BCUT2D eigenvalue weighted by molar-refractivity contribution is 0.223. The fourth-order valence-corrected chi connectivity index (χ4v) is 3.68. The Morgan fingerprint density at radius 2 is 2.00 bits per heavy atom. The fourth-order valence-electron chi connectivity index (χ4n) is 2.33. The summed E-state index contributed by atoms with van der Waals surface area (Å²) in [5.41, 5.74) is 0.810. The van der Waals surface area contributed by atoms with Crippen LogP contribution in [-0.4, -0.2) is 11.5 Å². The summed E-state index contributed by atoms with van der Waals surface area (Å²) in [6.07, 6.45) is 4.67. The Labute approximate surface area is 102 Å². The predicted octanol–water partition coefficient (Wildman–Crippen LogP) is 3.01. The summed E-state index contributed by atoms with van der Waals surface area (Å²) < 4.78 is 17.4. The summed E-state index contributed by atoms with van der Waals surface area (Å²) in [5, 5.41) is 0.429. The van der Waals surface area contributed by atoms with Crippen molar-refractivity contribution in [2.24, 2.45) is 5.92 Å². The number of benzene rings is 1. The maximum atomic E-state index is 12.1. The van der Waals surface area contributed by atoms with Crippen LogP contribution < -0.4 is 5.30 Å². The molecule has 1 atom stereocenters. The molecule has 1 saturated carbocycles. The van der Waals surface area contributed by atoms with Gasteiger partial charge in [0.15, 0.2) is 0 Å². The molecule has 2 rings (SSSR count). The topological polar surface area (TPSA) is 46.5 Å². The highest BCUT2D eigenvalue weighted by Crippen LogP contribution is 2.43. The Kier molecular flexibility index (Phi) is 4.03. The van der Waals surface area contributed by atoms with Crippen molar-refractivity contribution in [2.75, 3.05) is 6.61 Å². The molecule has 1 N–H and O–H groups in total. The molecule has 4 heteroatoms. The predicted molar refractivity (Wildman–Crippen MR) is 68.5 cm³/mol. The SMILES string of the molecule is Cc1ccccc1P(=O)(O)OCC1CCCC1. The average Bonchev–Trinajstić information content (AvgIpc) is 2.80. The van der Waals surface area contributed by atoms with Gasteiger partial charge >= 0.3 is 7.60 Å². The lowest BCUT2D eigenvalue weighted by atomic mass is 10.1. The molecule has 0 heterocycles. The minimum absolute atomic E-state index is 0.405. The molecule has 0 aliphatic heterocycles. The van der Waals surface area contributed by atoms with Gasteiger partial charge in [0.05, 0.1) is 11.9 Å². The molecule has 1 aliphatic carbocycles. The van der Waals surface area contributed by atoms with Gasteiger partial charge in [-0.1, -0.05) is 31.0 Å². The molecule has 1 unspecified atom stereocenters. The van der Waals surface area contributed by atoms with Crippen LogP contribution in [0.15, 0.2) is 24.3 Å². The maximum Gasteiger partial charge on any atom is 0.359 e. The third kappa shape index (κ3) is 3.19. The molecule has 0 aromatic heterocycles. The zero-order valence-corrected chi connectivity index (χ0v) is 11.0. The van der Waals surface area contributed by atoms with Crippen molar-refractivity contribution in [3.05, 3.63) is 29.8 Å². The average molecular weight is 254 g/mol. The Balaban J connectivity index is 2.03. The molecule has 1 aromatic carbocycles. The van der Waals surface area contributed by atoms with Crippen LogP contribution in [0.3, 0.4) is 0 Å². The third-order valence-electron chi connectivity index (χ3n) is 3.38. The van der Waals surface area contributed by atoms with Crippen molar-refractivity contribution in [3.63, 3.8) is 0 Å². The molecule has 0 saturated heterocycles. The van der Waals surface area contributed by atoms with E-state index in [1.165, 1.54) is 12.8 Å². The van der Waals surface area contributed by atoms with E-state index in [-0.39, 0.29) is 0 Å². The molecule has 1 aliphatic rings. The molecule has 0 amide bonds. The Hall–Kier alpha value is -0.630. The molecular weight excluding hydrogens is 235 g/mol. The monoisotopic (exact) mass is 254 g/mol. The van der Waals surface area contributed by atoms with E-state index in [1.54, 1.807) is 12.1 Å². The van der Waals surface area contributed by atoms with E-state index < -0.39 is 7.60 Å². The van der Waals surface area contributed by atoms with Crippen molar-refractivity contribution in [1.29, 1.82) is 0 Å². The number of hydrogen-bond donors (Lipinski definition) is 1. The van der Waals surface area contributed by atoms with Crippen molar-refractivity contribution in [1.82, 2.24) is 0 Å². The summed E-state index contributed by atoms with van der Waals surface area (Å²) >= 11 is 0. The largest absolute Gasteiger partial charge is 0.359 e. The summed E-state index contributed by atoms with van der Waals surface area (Å²) in [7, 11) is -3.63. The van der Waals surface area contributed by atoms with Gasteiger partial charge in [-0.3, -0.25) is 4.57 Å². The minimum Gasteiger partial charge on any atom is -0.321 e. The molecule has 0 bridgehead atoms. The van der Waals surface area contributed by atoms with E-state index >= 15 is 0 Å². The normalized spacial score (nSPS) is 20.4. The second-order valence-corrected chi connectivity index (χ2v) is 6.53. The van der Waals surface area contributed by atoms with Crippen LogP contribution in [0.25, 0.3) is 0 Å². The molecule has 3 nitrogen and oxygen atoms in total. The third-order valence-corrected chi connectivity index (χ3v) is 4.99. The van der Waals surface area contributed by atoms with E-state index in [0.717, 1.165) is 18.4 Å². The van der Waals surface area contributed by atoms with Crippen LogP contribution >= 0.6 is 7.60 Å². The van der Waals surface area contributed by atoms with Gasteiger partial charge < -0.3 is 9.42 Å². The van der Waals surface area contributed by atoms with Gasteiger partial charge in [0.1, 0.15) is 0 Å². The fraction of sp³-hybridized carbons (Fsp3) is 0.538. The molecule has 1 aromatic rings. The number of aryl methyl sites for hydroxylation is 1. The second-order valence-electron chi connectivity index (χ2n) is 4.75. The van der Waals surface area contributed by atoms with Gasteiger partial charge in [0, 0.05) is 0 Å². The summed E-state index contributed by atoms with van der Waals surface area (Å²) in [6.45, 7) is 2.24. The number of rotatable bonds is 4. The van der Waals surface area contributed by atoms with Crippen LogP contribution in [0.4, 0.5) is 0 Å². The van der Waals surface area contributed by atoms with E-state index in [1.807, 2.05) is 19.1 Å². The lowest BCUT2D eigenvalue weighted by Crippen LogP contribution is -2.13. The summed E-state index contributed by atoms with van der Waals surface area (Å²) in [6, 6.07) is 7.13. The molecule has 0 radical (unpaired) electrons. The molecule has 17 heavy (non-hydrogen) atoms. The van der Waals surface area contributed by atoms with Crippen LogP contribution in [-0.2, 0) is 9.09 Å². The van der Waals surface area contributed by atoms with Gasteiger partial charge in [-0.25, -0.2) is 0 Å². The van der Waals surface area contributed by atoms with Crippen LogP contribution in [0, 0.1) is 12.8 Å². The van der Waals surface area contributed by atoms with E-state index in [4.69, 9.17) is 4.52 Å². The maximum absolute atomic E-state index is 12.1. The Morgan fingerprint density at radius 1 is 1.35 bits per heavy atom. The summed E-state index contributed by atoms with van der Waals surface area (Å²) in [4.78, 5) is 9.96. The highest BCUT2D eigenvalue weighted by Gasteiger charge is 2.26. The highest BCUT2D eigenvalue weighted by molar-refractivity contribution is 7.61. The highest BCUT2D eigenvalue weighted by atomic mass is 31.2. The molecular formula is C13H19O3P. The van der Waals surface area contributed by atoms with E-state index in [9.17, 15) is 9.46 Å². The van der Waals surface area contributed by atoms with Gasteiger partial charge in [0.25, 0.3) is 0 Å². The Bertz CT molecular complexity index is 424. The van der Waals surface area contributed by atoms with Gasteiger partial charge in [-0.2, -0.15) is 0 Å². The molecule has 94 valence electrons. The Morgan fingerprint density at radius 3 is 2.65 bits per heavy atom. The standard InChI is InChI=1S/C13H19O3P/c1-11-6-2-5-9-13(11)17(14,15)16-10-12-7-3-4-8-12/h2,5-6,9,12H,3-4,7-8,10H2,1H3,(H,14,15). The minimum atomic E-state index is -3.63. The zero-order chi connectivity index (χ0) is 12.3. The van der Waals surface area contributed by atoms with E-state index in [0.29, 0.717) is 17.8 Å². The second kappa shape index (κ2) is 5.34. The van der Waals surface area contributed by atoms with Gasteiger partial charge in [-0.15, -0.1) is 0 Å². The van der Waals surface area contributed by atoms with Crippen LogP contribution in [0.2, 0.25) is 0 Å². The van der Waals surface area contributed by atoms with Crippen molar-refractivity contribution in [2.45, 2.75) is 32.6 Å². The zero-order valence-electron chi connectivity index (χ0n) is 10.1. The molecule has 0 spiro atoms. The van der Waals surface area contributed by atoms with Crippen LogP contribution in [0.1, 0.15) is 31.2 Å². The van der Waals surface area contributed by atoms with Crippen molar-refractivity contribution in [3.8, 4) is 0 Å². The van der Waals surface area contributed by atoms with Gasteiger partial charge in [0.2, 0.25) is 0 Å². The van der Waals surface area contributed by atoms with Gasteiger partial charge in [-0.05, 0) is 37.3 Å². The van der Waals surface area contributed by atoms with E-state index in [2.05, 4.69) is 0 Å². The summed E-state index contributed by atoms with van der Waals surface area (Å²) in [5.74, 6) is 0.458. The van der Waals surface area contributed by atoms with Crippen LogP contribution in [0.5, 0.6) is 0 Å². The first-order chi connectivity index (χ1) is 8.09. The number of hydrogen-bond acceptors (Lipinski definition) is 2. The first-order valence-electron chi connectivity index (χ1n) is 6.13. The lowest BCUT2D eigenvalue weighted by Gasteiger charge is -2.16. The first-order valence-corrected chi connectivity index (χ1v) is 7.71. The quantitative estimate of drug-likeness (QED) is 0.840. The molecule has 1 fully saturated rings.